The highest BCUT2D eigenvalue weighted by Crippen LogP contribution is 2.02. The van der Waals surface area contributed by atoms with E-state index in [2.05, 4.69) is 10.1 Å². The fourth-order valence-corrected chi connectivity index (χ4v) is 1.25. The quantitative estimate of drug-likeness (QED) is 0.396. The second kappa shape index (κ2) is 4.58. The molecule has 0 unspecified atom stereocenters. The second-order valence-corrected chi connectivity index (χ2v) is 2.98. The molecule has 0 bridgehead atoms. The molecule has 70 valence electrons. The number of hydrogen-bond donors (Lipinski definition) is 0. The maximum atomic E-state index is 9.77. The normalized spacial score (nSPS) is 9.69. The van der Waals surface area contributed by atoms with Crippen LogP contribution in [0.25, 0.3) is 0 Å². The van der Waals surface area contributed by atoms with E-state index in [4.69, 9.17) is 0 Å². The highest BCUT2D eigenvalue weighted by molar-refractivity contribution is 5.32. The van der Waals surface area contributed by atoms with Crippen LogP contribution in [0, 0.1) is 13.8 Å². The van der Waals surface area contributed by atoms with Gasteiger partial charge in [0.2, 0.25) is 6.08 Å². The summed E-state index contributed by atoms with van der Waals surface area (Å²) in [5, 5.41) is 4.28. The summed E-state index contributed by atoms with van der Waals surface area (Å²) < 4.78 is 1.93. The van der Waals surface area contributed by atoms with Crippen molar-refractivity contribution < 1.29 is 4.79 Å². The van der Waals surface area contributed by atoms with E-state index < -0.39 is 0 Å². The zero-order valence-corrected chi connectivity index (χ0v) is 7.95. The van der Waals surface area contributed by atoms with Crippen LogP contribution in [0.15, 0.2) is 11.1 Å². The first kappa shape index (κ1) is 9.68. The van der Waals surface area contributed by atoms with Gasteiger partial charge in [0.15, 0.2) is 0 Å². The summed E-state index contributed by atoms with van der Waals surface area (Å²) in [6.45, 7) is 5.32. The molecular weight excluding hydrogens is 166 g/mol. The van der Waals surface area contributed by atoms with Gasteiger partial charge in [-0.2, -0.15) is 5.10 Å². The molecule has 0 radical (unpaired) electrons. The lowest BCUT2D eigenvalue weighted by Crippen LogP contribution is -2.03. The number of aryl methyl sites for hydroxylation is 3. The Morgan fingerprint density at radius 3 is 2.92 bits per heavy atom. The predicted octanol–water partition coefficient (Wildman–Crippen LogP) is 1.23. The van der Waals surface area contributed by atoms with Gasteiger partial charge in [-0.1, -0.05) is 0 Å². The highest BCUT2D eigenvalue weighted by Gasteiger charge is 1.98. The first-order valence-corrected chi connectivity index (χ1v) is 4.28. The monoisotopic (exact) mass is 179 g/mol. The zero-order chi connectivity index (χ0) is 9.68. The van der Waals surface area contributed by atoms with Crippen LogP contribution in [0.1, 0.15) is 17.8 Å². The minimum atomic E-state index is 0.530. The Hall–Kier alpha value is -1.41. The summed E-state index contributed by atoms with van der Waals surface area (Å²) in [7, 11) is 0. The average molecular weight is 179 g/mol. The van der Waals surface area contributed by atoms with Gasteiger partial charge in [0, 0.05) is 12.2 Å². The van der Waals surface area contributed by atoms with Crippen molar-refractivity contribution in [2.75, 3.05) is 6.54 Å². The van der Waals surface area contributed by atoms with E-state index in [9.17, 15) is 4.79 Å². The van der Waals surface area contributed by atoms with E-state index in [1.165, 1.54) is 6.08 Å². The smallest absolute Gasteiger partial charge is 0.234 e. The van der Waals surface area contributed by atoms with Gasteiger partial charge in [-0.05, 0) is 26.3 Å². The molecule has 1 rings (SSSR count). The third-order valence-electron chi connectivity index (χ3n) is 1.81. The van der Waals surface area contributed by atoms with Gasteiger partial charge in [0.25, 0.3) is 0 Å². The molecule has 0 aliphatic rings. The Morgan fingerprint density at radius 1 is 1.62 bits per heavy atom. The van der Waals surface area contributed by atoms with Crippen LogP contribution in [0.5, 0.6) is 0 Å². The van der Waals surface area contributed by atoms with Crippen LogP contribution in [-0.4, -0.2) is 22.4 Å². The fourth-order valence-electron chi connectivity index (χ4n) is 1.25. The Kier molecular flexibility index (Phi) is 3.41. The van der Waals surface area contributed by atoms with Crippen molar-refractivity contribution in [2.45, 2.75) is 26.8 Å². The molecule has 0 saturated heterocycles. The summed E-state index contributed by atoms with van der Waals surface area (Å²) in [5.41, 5.74) is 2.17. The van der Waals surface area contributed by atoms with E-state index in [-0.39, 0.29) is 0 Å². The summed E-state index contributed by atoms with van der Waals surface area (Å²) in [5.74, 6) is 0. The minimum absolute atomic E-state index is 0.530. The topological polar surface area (TPSA) is 47.2 Å². The van der Waals surface area contributed by atoms with Crippen molar-refractivity contribution >= 4 is 6.08 Å². The molecule has 0 atom stereocenters. The van der Waals surface area contributed by atoms with Gasteiger partial charge in [-0.15, -0.1) is 0 Å². The van der Waals surface area contributed by atoms with E-state index in [0.29, 0.717) is 6.54 Å². The number of aromatic nitrogens is 2. The van der Waals surface area contributed by atoms with E-state index in [0.717, 1.165) is 24.4 Å². The molecule has 4 nitrogen and oxygen atoms in total. The summed E-state index contributed by atoms with van der Waals surface area (Å²) in [6.07, 6.45) is 2.35. The van der Waals surface area contributed by atoms with Crippen LogP contribution in [0.4, 0.5) is 0 Å². The molecule has 1 aromatic rings. The Morgan fingerprint density at radius 2 is 2.38 bits per heavy atom. The first-order valence-electron chi connectivity index (χ1n) is 4.28. The van der Waals surface area contributed by atoms with Crippen LogP contribution in [-0.2, 0) is 11.3 Å². The van der Waals surface area contributed by atoms with Gasteiger partial charge in [-0.25, -0.2) is 9.79 Å². The molecule has 0 fully saturated rings. The minimum Gasteiger partial charge on any atom is -0.270 e. The van der Waals surface area contributed by atoms with Gasteiger partial charge in [-0.3, -0.25) is 4.68 Å². The van der Waals surface area contributed by atoms with Crippen molar-refractivity contribution in [2.24, 2.45) is 4.99 Å². The molecule has 1 heterocycles. The molecule has 13 heavy (non-hydrogen) atoms. The Balaban J connectivity index is 2.44. The lowest BCUT2D eigenvalue weighted by molar-refractivity contribution is 0.551. The second-order valence-electron chi connectivity index (χ2n) is 2.98. The molecule has 0 amide bonds. The number of isocyanates is 1. The fraction of sp³-hybridized carbons (Fsp3) is 0.556. The van der Waals surface area contributed by atoms with Crippen molar-refractivity contribution in [3.05, 3.63) is 17.5 Å². The average Bonchev–Trinajstić information content (AvgIpc) is 2.39. The molecule has 0 N–H and O–H groups in total. The van der Waals surface area contributed by atoms with Crippen molar-refractivity contribution in [3.8, 4) is 0 Å². The number of hydrogen-bond acceptors (Lipinski definition) is 3. The molecule has 0 aliphatic carbocycles. The highest BCUT2D eigenvalue weighted by atomic mass is 16.1. The molecule has 1 aromatic heterocycles. The first-order chi connectivity index (χ1) is 6.24. The maximum Gasteiger partial charge on any atom is 0.234 e. The number of nitrogens with zero attached hydrogens (tertiary/aromatic N) is 3. The van der Waals surface area contributed by atoms with Gasteiger partial charge >= 0.3 is 0 Å². The SMILES string of the molecule is Cc1cc(C)n(CCCN=C=O)n1. The Labute approximate surface area is 77.3 Å². The molecule has 0 aromatic carbocycles. The zero-order valence-electron chi connectivity index (χ0n) is 7.95. The lowest BCUT2D eigenvalue weighted by Gasteiger charge is -2.00. The van der Waals surface area contributed by atoms with Gasteiger partial charge in [0.1, 0.15) is 0 Å². The van der Waals surface area contributed by atoms with E-state index in [1.807, 2.05) is 24.6 Å². The van der Waals surface area contributed by atoms with E-state index >= 15 is 0 Å². The molecule has 0 aliphatic heterocycles. The standard InChI is InChI=1S/C9H13N3O/c1-8-6-9(2)12(11-8)5-3-4-10-7-13/h6H,3-5H2,1-2H3. The van der Waals surface area contributed by atoms with Gasteiger partial charge in [0.05, 0.1) is 12.2 Å². The van der Waals surface area contributed by atoms with Crippen molar-refractivity contribution in [1.29, 1.82) is 0 Å². The summed E-state index contributed by atoms with van der Waals surface area (Å²) >= 11 is 0. The molecule has 0 spiro atoms. The summed E-state index contributed by atoms with van der Waals surface area (Å²) in [4.78, 5) is 13.2. The molecule has 4 heteroatoms. The van der Waals surface area contributed by atoms with E-state index in [1.54, 1.807) is 0 Å². The molecule has 0 saturated carbocycles. The van der Waals surface area contributed by atoms with Crippen LogP contribution >= 0.6 is 0 Å². The van der Waals surface area contributed by atoms with Gasteiger partial charge < -0.3 is 0 Å². The molecular formula is C9H13N3O. The predicted molar refractivity (Wildman–Crippen MR) is 49.3 cm³/mol. The van der Waals surface area contributed by atoms with Crippen LogP contribution < -0.4 is 0 Å². The van der Waals surface area contributed by atoms with Crippen molar-refractivity contribution in [3.63, 3.8) is 0 Å². The number of rotatable bonds is 4. The third kappa shape index (κ3) is 2.84. The largest absolute Gasteiger partial charge is 0.270 e. The third-order valence-corrected chi connectivity index (χ3v) is 1.81. The summed E-state index contributed by atoms with van der Waals surface area (Å²) in [6, 6.07) is 2.03. The number of carbonyl (C=O) groups excluding carboxylic acids is 1. The van der Waals surface area contributed by atoms with Crippen molar-refractivity contribution in [1.82, 2.24) is 9.78 Å². The Bertz CT molecular complexity index is 324. The maximum absolute atomic E-state index is 9.77. The van der Waals surface area contributed by atoms with Crippen LogP contribution in [0.2, 0.25) is 0 Å². The number of aliphatic imine (C=N–C) groups is 1. The lowest BCUT2D eigenvalue weighted by atomic mass is 10.4. The van der Waals surface area contributed by atoms with Crippen LogP contribution in [0.3, 0.4) is 0 Å².